The third kappa shape index (κ3) is 2.70. The lowest BCUT2D eigenvalue weighted by Gasteiger charge is -2.43. The minimum atomic E-state index is 0.555. The van der Waals surface area contributed by atoms with Crippen LogP contribution in [0.4, 0.5) is 5.69 Å². The molecule has 0 saturated carbocycles. The molecule has 0 N–H and O–H groups in total. The SMILES string of the molecule is CC1CC(C)C(C)N(c2c(Cl)cccc2CBr)C1. The fourth-order valence-electron chi connectivity index (χ4n) is 3.00. The van der Waals surface area contributed by atoms with E-state index in [0.29, 0.717) is 12.0 Å². The van der Waals surface area contributed by atoms with Crippen LogP contribution in [0.15, 0.2) is 18.2 Å². The molecule has 0 spiro atoms. The maximum Gasteiger partial charge on any atom is 0.0642 e. The summed E-state index contributed by atoms with van der Waals surface area (Å²) in [5.74, 6) is 1.45. The van der Waals surface area contributed by atoms with E-state index in [9.17, 15) is 0 Å². The monoisotopic (exact) mass is 329 g/mol. The molecule has 0 bridgehead atoms. The van der Waals surface area contributed by atoms with E-state index in [1.807, 2.05) is 12.1 Å². The normalized spacial score (nSPS) is 28.5. The van der Waals surface area contributed by atoms with Crippen molar-refractivity contribution in [2.45, 2.75) is 38.6 Å². The predicted molar refractivity (Wildman–Crippen MR) is 83.8 cm³/mol. The Balaban J connectivity index is 2.40. The van der Waals surface area contributed by atoms with Crippen LogP contribution in [0.1, 0.15) is 32.8 Å². The van der Waals surface area contributed by atoms with Gasteiger partial charge in [0.2, 0.25) is 0 Å². The molecular weight excluding hydrogens is 310 g/mol. The van der Waals surface area contributed by atoms with Crippen molar-refractivity contribution in [3.8, 4) is 0 Å². The van der Waals surface area contributed by atoms with Crippen LogP contribution in [0, 0.1) is 11.8 Å². The van der Waals surface area contributed by atoms with Crippen LogP contribution in [0.25, 0.3) is 0 Å². The number of anilines is 1. The van der Waals surface area contributed by atoms with E-state index in [4.69, 9.17) is 11.6 Å². The highest BCUT2D eigenvalue weighted by molar-refractivity contribution is 9.08. The largest absolute Gasteiger partial charge is 0.367 e. The number of rotatable bonds is 2. The standard InChI is InChI=1S/C15H21BrClN/c1-10-7-11(2)12(3)18(9-10)15-13(8-16)5-4-6-14(15)17/h4-6,10-12H,7-9H2,1-3H3. The molecule has 0 aliphatic carbocycles. The quantitative estimate of drug-likeness (QED) is 0.681. The van der Waals surface area contributed by atoms with E-state index in [2.05, 4.69) is 47.7 Å². The van der Waals surface area contributed by atoms with E-state index in [0.717, 1.165) is 22.8 Å². The first-order valence-electron chi connectivity index (χ1n) is 6.64. The Hall–Kier alpha value is -0.210. The third-order valence-electron chi connectivity index (χ3n) is 4.10. The molecule has 1 aliphatic heterocycles. The molecule has 1 fully saturated rings. The zero-order chi connectivity index (χ0) is 13.3. The number of hydrogen-bond donors (Lipinski definition) is 0. The lowest BCUT2D eigenvalue weighted by molar-refractivity contribution is 0.297. The number of para-hydroxylation sites is 1. The first kappa shape index (κ1) is 14.2. The van der Waals surface area contributed by atoms with Gasteiger partial charge >= 0.3 is 0 Å². The zero-order valence-corrected chi connectivity index (χ0v) is 13.6. The Morgan fingerprint density at radius 1 is 1.33 bits per heavy atom. The average Bonchev–Trinajstić information content (AvgIpc) is 2.33. The number of halogens is 2. The van der Waals surface area contributed by atoms with Gasteiger partial charge in [0.15, 0.2) is 0 Å². The van der Waals surface area contributed by atoms with Crippen molar-refractivity contribution in [2.24, 2.45) is 11.8 Å². The van der Waals surface area contributed by atoms with Crippen molar-refractivity contribution < 1.29 is 0 Å². The molecule has 1 heterocycles. The van der Waals surface area contributed by atoms with E-state index in [-0.39, 0.29) is 0 Å². The molecule has 3 unspecified atom stereocenters. The van der Waals surface area contributed by atoms with Gasteiger partial charge in [-0.3, -0.25) is 0 Å². The Labute approximate surface area is 124 Å². The Morgan fingerprint density at radius 2 is 2.06 bits per heavy atom. The summed E-state index contributed by atoms with van der Waals surface area (Å²) < 4.78 is 0. The van der Waals surface area contributed by atoms with Gasteiger partial charge in [0, 0.05) is 17.9 Å². The lowest BCUT2D eigenvalue weighted by atomic mass is 9.85. The second-order valence-electron chi connectivity index (χ2n) is 5.59. The van der Waals surface area contributed by atoms with Crippen LogP contribution in [0.2, 0.25) is 5.02 Å². The van der Waals surface area contributed by atoms with Gasteiger partial charge in [0.25, 0.3) is 0 Å². The van der Waals surface area contributed by atoms with E-state index < -0.39 is 0 Å². The van der Waals surface area contributed by atoms with Gasteiger partial charge in [0.1, 0.15) is 0 Å². The van der Waals surface area contributed by atoms with E-state index >= 15 is 0 Å². The van der Waals surface area contributed by atoms with Crippen molar-refractivity contribution in [3.63, 3.8) is 0 Å². The van der Waals surface area contributed by atoms with Crippen molar-refractivity contribution >= 4 is 33.2 Å². The summed E-state index contributed by atoms with van der Waals surface area (Å²) >= 11 is 10.0. The summed E-state index contributed by atoms with van der Waals surface area (Å²) in [6.45, 7) is 8.10. The van der Waals surface area contributed by atoms with Crippen molar-refractivity contribution in [1.82, 2.24) is 0 Å². The fraction of sp³-hybridized carbons (Fsp3) is 0.600. The topological polar surface area (TPSA) is 3.24 Å². The Bertz CT molecular complexity index is 421. The molecule has 0 aromatic heterocycles. The predicted octanol–water partition coefficient (Wildman–Crippen LogP) is 5.11. The first-order valence-corrected chi connectivity index (χ1v) is 8.14. The van der Waals surface area contributed by atoms with Crippen LogP contribution >= 0.6 is 27.5 Å². The number of hydrogen-bond acceptors (Lipinski definition) is 1. The van der Waals surface area contributed by atoms with Gasteiger partial charge in [-0.1, -0.05) is 53.5 Å². The minimum absolute atomic E-state index is 0.555. The molecule has 3 heteroatoms. The molecule has 1 aliphatic rings. The molecule has 18 heavy (non-hydrogen) atoms. The maximum atomic E-state index is 6.44. The highest BCUT2D eigenvalue weighted by Crippen LogP contribution is 2.38. The number of piperidine rings is 1. The average molecular weight is 331 g/mol. The van der Waals surface area contributed by atoms with Crippen LogP contribution in [0.5, 0.6) is 0 Å². The fourth-order valence-corrected chi connectivity index (χ4v) is 3.75. The molecule has 2 rings (SSSR count). The van der Waals surface area contributed by atoms with Crippen LogP contribution < -0.4 is 4.90 Å². The summed E-state index contributed by atoms with van der Waals surface area (Å²) in [5.41, 5.74) is 2.51. The lowest BCUT2D eigenvalue weighted by Crippen LogP contribution is -2.46. The molecule has 1 saturated heterocycles. The summed E-state index contributed by atoms with van der Waals surface area (Å²) in [4.78, 5) is 2.50. The van der Waals surface area contributed by atoms with Gasteiger partial charge in [-0.05, 0) is 36.8 Å². The highest BCUT2D eigenvalue weighted by atomic mass is 79.9. The van der Waals surface area contributed by atoms with Gasteiger partial charge in [-0.15, -0.1) is 0 Å². The summed E-state index contributed by atoms with van der Waals surface area (Å²) in [6, 6.07) is 6.75. The Morgan fingerprint density at radius 3 is 2.72 bits per heavy atom. The minimum Gasteiger partial charge on any atom is -0.367 e. The van der Waals surface area contributed by atoms with Gasteiger partial charge in [0.05, 0.1) is 10.7 Å². The summed E-state index contributed by atoms with van der Waals surface area (Å²) in [5, 5.41) is 1.73. The molecule has 3 atom stereocenters. The third-order valence-corrected chi connectivity index (χ3v) is 5.01. The number of benzene rings is 1. The van der Waals surface area contributed by atoms with Gasteiger partial charge < -0.3 is 4.90 Å². The smallest absolute Gasteiger partial charge is 0.0642 e. The second kappa shape index (κ2) is 5.83. The molecule has 0 radical (unpaired) electrons. The molecule has 1 aromatic carbocycles. The number of nitrogens with zero attached hydrogens (tertiary/aromatic N) is 1. The van der Waals surface area contributed by atoms with Gasteiger partial charge in [-0.2, -0.15) is 0 Å². The second-order valence-corrected chi connectivity index (χ2v) is 6.56. The van der Waals surface area contributed by atoms with E-state index in [1.165, 1.54) is 17.7 Å². The van der Waals surface area contributed by atoms with E-state index in [1.54, 1.807) is 0 Å². The first-order chi connectivity index (χ1) is 8.54. The molecule has 1 nitrogen and oxygen atoms in total. The van der Waals surface area contributed by atoms with Crippen LogP contribution in [-0.2, 0) is 5.33 Å². The van der Waals surface area contributed by atoms with Gasteiger partial charge in [-0.25, -0.2) is 0 Å². The molecule has 0 amide bonds. The van der Waals surface area contributed by atoms with Crippen molar-refractivity contribution in [3.05, 3.63) is 28.8 Å². The molecule has 1 aromatic rings. The van der Waals surface area contributed by atoms with Crippen molar-refractivity contribution in [1.29, 1.82) is 0 Å². The highest BCUT2D eigenvalue weighted by Gasteiger charge is 2.30. The Kier molecular flexibility index (Phi) is 4.60. The van der Waals surface area contributed by atoms with Crippen LogP contribution in [0.3, 0.4) is 0 Å². The summed E-state index contributed by atoms with van der Waals surface area (Å²) in [6.07, 6.45) is 1.31. The van der Waals surface area contributed by atoms with Crippen LogP contribution in [-0.4, -0.2) is 12.6 Å². The zero-order valence-electron chi connectivity index (χ0n) is 11.3. The molecular formula is C15H21BrClN. The molecule has 100 valence electrons. The van der Waals surface area contributed by atoms with Crippen molar-refractivity contribution in [2.75, 3.05) is 11.4 Å². The number of alkyl halides is 1. The maximum absolute atomic E-state index is 6.44. The summed E-state index contributed by atoms with van der Waals surface area (Å²) in [7, 11) is 0.